The molecule has 2 amide bonds. The highest BCUT2D eigenvalue weighted by Gasteiger charge is 1.92. The summed E-state index contributed by atoms with van der Waals surface area (Å²) >= 11 is 0. The fraction of sp³-hybridized carbons (Fsp3) is 0.455. The maximum atomic E-state index is 10.5. The molecule has 0 saturated heterocycles. The van der Waals surface area contributed by atoms with Crippen LogP contribution in [0.3, 0.4) is 0 Å². The lowest BCUT2D eigenvalue weighted by molar-refractivity contribution is -0.117. The van der Waals surface area contributed by atoms with Gasteiger partial charge in [0.15, 0.2) is 0 Å². The van der Waals surface area contributed by atoms with E-state index in [9.17, 15) is 9.59 Å². The number of rotatable bonds is 5. The van der Waals surface area contributed by atoms with Gasteiger partial charge in [-0.05, 0) is 26.2 Å². The van der Waals surface area contributed by atoms with Crippen molar-refractivity contribution in [2.75, 3.05) is 34.2 Å². The van der Waals surface area contributed by atoms with Crippen molar-refractivity contribution in [2.24, 2.45) is 0 Å². The molecule has 16 heavy (non-hydrogen) atoms. The van der Waals surface area contributed by atoms with Crippen LogP contribution >= 0.6 is 0 Å². The Labute approximate surface area is 97.2 Å². The molecular formula is C11H21N3O2. The third-order valence-corrected chi connectivity index (χ3v) is 1.48. The van der Waals surface area contributed by atoms with Crippen molar-refractivity contribution < 1.29 is 9.59 Å². The Hall–Kier alpha value is -1.62. The summed E-state index contributed by atoms with van der Waals surface area (Å²) in [4.78, 5) is 22.5. The van der Waals surface area contributed by atoms with Crippen LogP contribution in [0, 0.1) is 0 Å². The first-order valence-corrected chi connectivity index (χ1v) is 4.87. The number of likely N-dealkylation sites (N-methyl/N-ethyl adjacent to an activating group) is 2. The van der Waals surface area contributed by atoms with E-state index in [2.05, 4.69) is 23.8 Å². The Morgan fingerprint density at radius 2 is 1.69 bits per heavy atom. The zero-order valence-electron chi connectivity index (χ0n) is 10.2. The average Bonchev–Trinajstić information content (AvgIpc) is 2.28. The van der Waals surface area contributed by atoms with Gasteiger partial charge in [-0.15, -0.1) is 0 Å². The first-order chi connectivity index (χ1) is 7.47. The van der Waals surface area contributed by atoms with Gasteiger partial charge in [0, 0.05) is 20.1 Å². The van der Waals surface area contributed by atoms with Gasteiger partial charge in [-0.25, -0.2) is 0 Å². The minimum Gasteiger partial charge on any atom is -0.356 e. The lowest BCUT2D eigenvalue weighted by Crippen LogP contribution is -2.29. The van der Waals surface area contributed by atoms with Crippen LogP contribution in [0.2, 0.25) is 0 Å². The molecule has 0 unspecified atom stereocenters. The Kier molecular flexibility index (Phi) is 12.0. The predicted molar refractivity (Wildman–Crippen MR) is 66.0 cm³/mol. The second-order valence-corrected chi connectivity index (χ2v) is 3.12. The highest BCUT2D eigenvalue weighted by molar-refractivity contribution is 5.86. The van der Waals surface area contributed by atoms with Crippen LogP contribution in [-0.2, 0) is 9.59 Å². The SMILES string of the molecule is C=CC(=O)NC.C=CC(=O)NCCN(C)C. The summed E-state index contributed by atoms with van der Waals surface area (Å²) in [6.07, 6.45) is 2.50. The summed E-state index contributed by atoms with van der Waals surface area (Å²) in [5, 5.41) is 5.02. The molecule has 0 aromatic heterocycles. The summed E-state index contributed by atoms with van der Waals surface area (Å²) in [6, 6.07) is 0. The van der Waals surface area contributed by atoms with E-state index in [0.717, 1.165) is 6.54 Å². The highest BCUT2D eigenvalue weighted by atomic mass is 16.2. The van der Waals surface area contributed by atoms with Crippen molar-refractivity contribution in [3.8, 4) is 0 Å². The minimum atomic E-state index is -0.144. The number of hydrogen-bond acceptors (Lipinski definition) is 3. The predicted octanol–water partition coefficient (Wildman–Crippen LogP) is -0.231. The number of amides is 2. The van der Waals surface area contributed by atoms with E-state index in [1.165, 1.54) is 12.2 Å². The van der Waals surface area contributed by atoms with Gasteiger partial charge < -0.3 is 15.5 Å². The zero-order chi connectivity index (χ0) is 13.0. The number of nitrogens with one attached hydrogen (secondary N) is 2. The maximum Gasteiger partial charge on any atom is 0.243 e. The molecule has 0 bridgehead atoms. The van der Waals surface area contributed by atoms with E-state index in [1.807, 2.05) is 19.0 Å². The smallest absolute Gasteiger partial charge is 0.243 e. The Morgan fingerprint density at radius 1 is 1.19 bits per heavy atom. The molecule has 5 heteroatoms. The molecule has 0 atom stereocenters. The number of nitrogens with zero attached hydrogens (tertiary/aromatic N) is 1. The van der Waals surface area contributed by atoms with Gasteiger partial charge in [-0.3, -0.25) is 9.59 Å². The number of carbonyl (C=O) groups is 2. The molecule has 0 spiro atoms. The highest BCUT2D eigenvalue weighted by Crippen LogP contribution is 1.71. The topological polar surface area (TPSA) is 61.4 Å². The molecule has 0 aliphatic rings. The second kappa shape index (κ2) is 11.5. The summed E-state index contributed by atoms with van der Waals surface area (Å²) in [6.45, 7) is 8.09. The molecule has 0 aliphatic heterocycles. The fourth-order valence-electron chi connectivity index (χ4n) is 0.577. The fourth-order valence-corrected chi connectivity index (χ4v) is 0.577. The third-order valence-electron chi connectivity index (χ3n) is 1.48. The summed E-state index contributed by atoms with van der Waals surface area (Å²) in [5.74, 6) is -0.253. The van der Waals surface area contributed by atoms with Gasteiger partial charge in [0.25, 0.3) is 0 Å². The molecule has 0 aromatic carbocycles. The van der Waals surface area contributed by atoms with Crippen LogP contribution in [0.4, 0.5) is 0 Å². The van der Waals surface area contributed by atoms with E-state index in [4.69, 9.17) is 0 Å². The second-order valence-electron chi connectivity index (χ2n) is 3.12. The van der Waals surface area contributed by atoms with Crippen molar-refractivity contribution in [1.82, 2.24) is 15.5 Å². The van der Waals surface area contributed by atoms with Gasteiger partial charge in [0.2, 0.25) is 11.8 Å². The number of carbonyl (C=O) groups excluding carboxylic acids is 2. The Morgan fingerprint density at radius 3 is 1.94 bits per heavy atom. The van der Waals surface area contributed by atoms with E-state index < -0.39 is 0 Å². The van der Waals surface area contributed by atoms with Crippen molar-refractivity contribution >= 4 is 11.8 Å². The van der Waals surface area contributed by atoms with Crippen LogP contribution in [0.15, 0.2) is 25.3 Å². The first kappa shape index (κ1) is 16.8. The zero-order valence-corrected chi connectivity index (χ0v) is 10.2. The van der Waals surface area contributed by atoms with Gasteiger partial charge in [0.05, 0.1) is 0 Å². The summed E-state index contributed by atoms with van der Waals surface area (Å²) in [5.41, 5.74) is 0. The maximum absolute atomic E-state index is 10.5. The van der Waals surface area contributed by atoms with Gasteiger partial charge in [-0.2, -0.15) is 0 Å². The van der Waals surface area contributed by atoms with Gasteiger partial charge in [0.1, 0.15) is 0 Å². The van der Waals surface area contributed by atoms with Crippen molar-refractivity contribution in [3.05, 3.63) is 25.3 Å². The summed E-state index contributed by atoms with van der Waals surface area (Å²) < 4.78 is 0. The van der Waals surface area contributed by atoms with Crippen molar-refractivity contribution in [2.45, 2.75) is 0 Å². The standard InChI is InChI=1S/C7H14N2O.C4H7NO/c1-4-7(10)8-5-6-9(2)3;1-3-4(6)5-2/h4H,1,5-6H2,2-3H3,(H,8,10);3H,1H2,2H3,(H,5,6). The molecule has 5 nitrogen and oxygen atoms in total. The van der Waals surface area contributed by atoms with E-state index in [0.29, 0.717) is 6.54 Å². The van der Waals surface area contributed by atoms with E-state index >= 15 is 0 Å². The summed E-state index contributed by atoms with van der Waals surface area (Å²) in [7, 11) is 5.48. The van der Waals surface area contributed by atoms with Gasteiger partial charge >= 0.3 is 0 Å². The molecule has 0 rings (SSSR count). The lowest BCUT2D eigenvalue weighted by Gasteiger charge is -2.08. The molecule has 0 aliphatic carbocycles. The quantitative estimate of drug-likeness (QED) is 0.638. The lowest BCUT2D eigenvalue weighted by atomic mass is 10.5. The van der Waals surface area contributed by atoms with E-state index in [-0.39, 0.29) is 11.8 Å². The Bertz CT molecular complexity index is 237. The largest absolute Gasteiger partial charge is 0.356 e. The first-order valence-electron chi connectivity index (χ1n) is 4.87. The molecule has 2 N–H and O–H groups in total. The third kappa shape index (κ3) is 14.9. The molecule has 0 aromatic rings. The minimum absolute atomic E-state index is 0.109. The van der Waals surface area contributed by atoms with Crippen LogP contribution in [0.5, 0.6) is 0 Å². The van der Waals surface area contributed by atoms with Crippen LogP contribution in [0.1, 0.15) is 0 Å². The monoisotopic (exact) mass is 227 g/mol. The van der Waals surface area contributed by atoms with Gasteiger partial charge in [-0.1, -0.05) is 13.2 Å². The average molecular weight is 227 g/mol. The molecule has 92 valence electrons. The molecule has 0 saturated carbocycles. The molecule has 0 heterocycles. The van der Waals surface area contributed by atoms with Crippen LogP contribution in [-0.4, -0.2) is 50.9 Å². The van der Waals surface area contributed by atoms with Crippen LogP contribution in [0.25, 0.3) is 0 Å². The molecule has 0 radical (unpaired) electrons. The normalized spacial score (nSPS) is 8.50. The molecular weight excluding hydrogens is 206 g/mol. The van der Waals surface area contributed by atoms with E-state index in [1.54, 1.807) is 7.05 Å². The van der Waals surface area contributed by atoms with Crippen molar-refractivity contribution in [3.63, 3.8) is 0 Å². The van der Waals surface area contributed by atoms with Crippen LogP contribution < -0.4 is 10.6 Å². The van der Waals surface area contributed by atoms with Crippen molar-refractivity contribution in [1.29, 1.82) is 0 Å². The Balaban J connectivity index is 0. The number of hydrogen-bond donors (Lipinski definition) is 2. The molecule has 0 fully saturated rings.